The third kappa shape index (κ3) is 6.16. The van der Waals surface area contributed by atoms with Gasteiger partial charge in [-0.3, -0.25) is 9.59 Å². The average molecular weight is 405 g/mol. The van der Waals surface area contributed by atoms with Crippen LogP contribution >= 0.6 is 11.3 Å². The van der Waals surface area contributed by atoms with Crippen LogP contribution in [-0.2, 0) is 22.7 Å². The summed E-state index contributed by atoms with van der Waals surface area (Å²) in [6.45, 7) is 10.4. The Bertz CT molecular complexity index is 799. The summed E-state index contributed by atoms with van der Waals surface area (Å²) in [5.41, 5.74) is 0.856. The number of halogens is 1. The summed E-state index contributed by atoms with van der Waals surface area (Å²) in [7, 11) is 0. The molecule has 0 saturated carbocycles. The van der Waals surface area contributed by atoms with Crippen LogP contribution in [0.5, 0.6) is 0 Å². The van der Waals surface area contributed by atoms with Crippen molar-refractivity contribution in [3.05, 3.63) is 57.5 Å². The first-order chi connectivity index (χ1) is 13.2. The maximum Gasteiger partial charge on any atom is 0.242 e. The summed E-state index contributed by atoms with van der Waals surface area (Å²) in [5.74, 6) is -0.611. The molecule has 0 N–H and O–H groups in total. The number of amides is 2. The average Bonchev–Trinajstić information content (AvgIpc) is 3.04. The van der Waals surface area contributed by atoms with Crippen molar-refractivity contribution in [2.75, 3.05) is 6.54 Å². The smallest absolute Gasteiger partial charge is 0.242 e. The molecule has 0 saturated heterocycles. The number of carbonyl (C=O) groups excluding carboxylic acids is 2. The van der Waals surface area contributed by atoms with Gasteiger partial charge in [-0.25, -0.2) is 4.39 Å². The lowest BCUT2D eigenvalue weighted by molar-refractivity contribution is -0.144. The summed E-state index contributed by atoms with van der Waals surface area (Å²) in [6, 6.07) is 10.2. The van der Waals surface area contributed by atoms with Crippen LogP contribution in [0, 0.1) is 18.7 Å². The highest BCUT2D eigenvalue weighted by Crippen LogP contribution is 2.19. The topological polar surface area (TPSA) is 40.6 Å². The molecule has 0 bridgehead atoms. The number of benzene rings is 1. The number of carbonyl (C=O) groups is 2. The summed E-state index contributed by atoms with van der Waals surface area (Å²) in [5, 5.41) is 0. The summed E-state index contributed by atoms with van der Waals surface area (Å²) >= 11 is 1.65. The van der Waals surface area contributed by atoms with Crippen molar-refractivity contribution < 1.29 is 14.0 Å². The van der Waals surface area contributed by atoms with E-state index in [-0.39, 0.29) is 36.1 Å². The molecule has 0 aliphatic heterocycles. The highest BCUT2D eigenvalue weighted by molar-refractivity contribution is 7.11. The van der Waals surface area contributed by atoms with Crippen molar-refractivity contribution >= 4 is 23.2 Å². The van der Waals surface area contributed by atoms with Gasteiger partial charge >= 0.3 is 0 Å². The van der Waals surface area contributed by atoms with Gasteiger partial charge in [-0.2, -0.15) is 0 Å². The van der Waals surface area contributed by atoms with Gasteiger partial charge in [0.05, 0.1) is 6.54 Å². The van der Waals surface area contributed by atoms with E-state index < -0.39 is 0 Å². The minimum absolute atomic E-state index is 0.0305. The lowest BCUT2D eigenvalue weighted by atomic mass is 10.1. The van der Waals surface area contributed by atoms with E-state index in [1.807, 2.05) is 46.8 Å². The zero-order chi connectivity index (χ0) is 20.8. The molecular formula is C22H29FN2O2S. The lowest BCUT2D eigenvalue weighted by Crippen LogP contribution is -2.46. The van der Waals surface area contributed by atoms with Gasteiger partial charge in [0, 0.05) is 28.3 Å². The van der Waals surface area contributed by atoms with Gasteiger partial charge in [0.25, 0.3) is 0 Å². The highest BCUT2D eigenvalue weighted by Gasteiger charge is 2.25. The van der Waals surface area contributed by atoms with E-state index in [0.717, 1.165) is 10.4 Å². The van der Waals surface area contributed by atoms with E-state index in [1.54, 1.807) is 33.3 Å². The molecule has 2 rings (SSSR count). The zero-order valence-electron chi connectivity index (χ0n) is 17.2. The van der Waals surface area contributed by atoms with Gasteiger partial charge in [0.15, 0.2) is 0 Å². The van der Waals surface area contributed by atoms with E-state index in [9.17, 15) is 14.0 Å². The maximum atomic E-state index is 13.2. The minimum Gasteiger partial charge on any atom is -0.332 e. The van der Waals surface area contributed by atoms with Gasteiger partial charge < -0.3 is 9.80 Å². The molecule has 2 amide bonds. The molecule has 0 aliphatic carbocycles. The Morgan fingerprint density at radius 3 is 2.14 bits per heavy atom. The Hall–Kier alpha value is -2.21. The van der Waals surface area contributed by atoms with Gasteiger partial charge in [-0.1, -0.05) is 26.0 Å². The normalized spacial score (nSPS) is 11.1. The molecule has 0 fully saturated rings. The molecule has 1 heterocycles. The van der Waals surface area contributed by atoms with Crippen LogP contribution in [0.3, 0.4) is 0 Å². The molecule has 0 spiro atoms. The Morgan fingerprint density at radius 2 is 1.64 bits per heavy atom. The second-order valence-corrected chi connectivity index (χ2v) is 8.98. The van der Waals surface area contributed by atoms with E-state index in [4.69, 9.17) is 0 Å². The van der Waals surface area contributed by atoms with Crippen molar-refractivity contribution in [1.29, 1.82) is 0 Å². The predicted octanol–water partition coefficient (Wildman–Crippen LogP) is 4.62. The second kappa shape index (κ2) is 9.82. The van der Waals surface area contributed by atoms with Crippen LogP contribution in [0.25, 0.3) is 0 Å². The SMILES string of the molecule is Cc1ccc(CN(Cc2ccc(F)cc2)C(=O)CN(C(=O)C(C)C)C(C)C)s1. The van der Waals surface area contributed by atoms with E-state index in [1.165, 1.54) is 17.0 Å². The number of hydrogen-bond donors (Lipinski definition) is 0. The monoisotopic (exact) mass is 404 g/mol. The fraction of sp³-hybridized carbons (Fsp3) is 0.455. The number of hydrogen-bond acceptors (Lipinski definition) is 3. The molecule has 0 aliphatic rings. The van der Waals surface area contributed by atoms with Crippen LogP contribution in [0.4, 0.5) is 4.39 Å². The molecule has 1 aromatic heterocycles. The van der Waals surface area contributed by atoms with Gasteiger partial charge in [0.2, 0.25) is 11.8 Å². The quantitative estimate of drug-likeness (QED) is 0.644. The van der Waals surface area contributed by atoms with E-state index in [0.29, 0.717) is 13.1 Å². The van der Waals surface area contributed by atoms with Crippen molar-refractivity contribution in [2.24, 2.45) is 5.92 Å². The predicted molar refractivity (Wildman–Crippen MR) is 111 cm³/mol. The van der Waals surface area contributed by atoms with Crippen LogP contribution < -0.4 is 0 Å². The first kappa shape index (κ1) is 22.1. The van der Waals surface area contributed by atoms with Crippen molar-refractivity contribution in [3.63, 3.8) is 0 Å². The number of thiophene rings is 1. The Morgan fingerprint density at radius 1 is 1.00 bits per heavy atom. The molecule has 152 valence electrons. The van der Waals surface area contributed by atoms with Crippen LogP contribution in [-0.4, -0.2) is 34.2 Å². The first-order valence-corrected chi connectivity index (χ1v) is 10.4. The third-order valence-electron chi connectivity index (χ3n) is 4.49. The largest absolute Gasteiger partial charge is 0.332 e. The summed E-state index contributed by atoms with van der Waals surface area (Å²) < 4.78 is 13.2. The van der Waals surface area contributed by atoms with Crippen molar-refractivity contribution in [1.82, 2.24) is 9.80 Å². The molecule has 6 heteroatoms. The second-order valence-electron chi connectivity index (χ2n) is 7.60. The molecule has 2 aromatic rings. The van der Waals surface area contributed by atoms with Gasteiger partial charge in [-0.15, -0.1) is 11.3 Å². The molecular weight excluding hydrogens is 375 g/mol. The molecule has 4 nitrogen and oxygen atoms in total. The summed E-state index contributed by atoms with van der Waals surface area (Å²) in [6.07, 6.45) is 0. The molecule has 28 heavy (non-hydrogen) atoms. The molecule has 0 unspecified atom stereocenters. The standard InChI is InChI=1S/C22H29FN2O2S/c1-15(2)22(27)25(16(3)4)14-21(26)24(13-20-11-6-17(5)28-20)12-18-7-9-19(23)10-8-18/h6-11,15-16H,12-14H2,1-5H3. The zero-order valence-corrected chi connectivity index (χ0v) is 18.1. The number of nitrogens with zero attached hydrogens (tertiary/aromatic N) is 2. The van der Waals surface area contributed by atoms with Crippen LogP contribution in [0.1, 0.15) is 43.0 Å². The maximum absolute atomic E-state index is 13.2. The van der Waals surface area contributed by atoms with Crippen LogP contribution in [0.15, 0.2) is 36.4 Å². The minimum atomic E-state index is -0.302. The fourth-order valence-corrected chi connectivity index (χ4v) is 3.80. The Balaban J connectivity index is 2.21. The summed E-state index contributed by atoms with van der Waals surface area (Å²) in [4.78, 5) is 31.3. The Labute approximate surface area is 171 Å². The molecule has 0 radical (unpaired) electrons. The first-order valence-electron chi connectivity index (χ1n) is 9.55. The number of aryl methyl sites for hydroxylation is 1. The van der Waals surface area contributed by atoms with Gasteiger partial charge in [0.1, 0.15) is 12.4 Å². The van der Waals surface area contributed by atoms with Crippen LogP contribution in [0.2, 0.25) is 0 Å². The highest BCUT2D eigenvalue weighted by atomic mass is 32.1. The van der Waals surface area contributed by atoms with E-state index >= 15 is 0 Å². The van der Waals surface area contributed by atoms with Crippen molar-refractivity contribution in [3.8, 4) is 0 Å². The third-order valence-corrected chi connectivity index (χ3v) is 5.47. The molecule has 0 atom stereocenters. The Kier molecular flexibility index (Phi) is 7.75. The van der Waals surface area contributed by atoms with Gasteiger partial charge in [-0.05, 0) is 50.6 Å². The fourth-order valence-electron chi connectivity index (χ4n) is 2.89. The van der Waals surface area contributed by atoms with Crippen molar-refractivity contribution in [2.45, 2.75) is 53.8 Å². The molecule has 1 aromatic carbocycles. The lowest BCUT2D eigenvalue weighted by Gasteiger charge is -2.31. The number of rotatable bonds is 8. The van der Waals surface area contributed by atoms with E-state index in [2.05, 4.69) is 0 Å².